The van der Waals surface area contributed by atoms with E-state index in [2.05, 4.69) is 55.3 Å². The lowest BCUT2D eigenvalue weighted by molar-refractivity contribution is 0.540. The predicted octanol–water partition coefficient (Wildman–Crippen LogP) is 4.01. The summed E-state index contributed by atoms with van der Waals surface area (Å²) in [5, 5.41) is 4.81. The van der Waals surface area contributed by atoms with E-state index in [0.29, 0.717) is 6.04 Å². The molecule has 16 heavy (non-hydrogen) atoms. The van der Waals surface area contributed by atoms with Crippen LogP contribution < -0.4 is 5.32 Å². The topological polar surface area (TPSA) is 27.8 Å². The molecule has 2 nitrogen and oxygen atoms in total. The Morgan fingerprint density at radius 1 is 1.19 bits per heavy atom. The van der Waals surface area contributed by atoms with Gasteiger partial charge in [0, 0.05) is 28.8 Å². The highest BCUT2D eigenvalue weighted by Crippen LogP contribution is 2.19. The molecule has 0 aliphatic heterocycles. The van der Waals surface area contributed by atoms with Gasteiger partial charge in [-0.2, -0.15) is 0 Å². The Balaban J connectivity index is 2.08. The molecule has 1 aromatic carbocycles. The maximum absolute atomic E-state index is 3.54. The largest absolute Gasteiger partial charge is 0.383 e. The number of benzene rings is 1. The lowest BCUT2D eigenvalue weighted by atomic mass is 10.0. The molecule has 86 valence electrons. The van der Waals surface area contributed by atoms with Crippen molar-refractivity contribution < 1.29 is 0 Å². The van der Waals surface area contributed by atoms with Crippen LogP contribution in [0.4, 0.5) is 5.69 Å². The lowest BCUT2D eigenvalue weighted by Crippen LogP contribution is -2.17. The third-order valence-electron chi connectivity index (χ3n) is 2.79. The predicted molar refractivity (Wildman–Crippen MR) is 70.8 cm³/mol. The summed E-state index contributed by atoms with van der Waals surface area (Å²) in [6, 6.07) is 9.09. The monoisotopic (exact) mass is 216 g/mol. The van der Waals surface area contributed by atoms with Gasteiger partial charge in [-0.3, -0.25) is 0 Å². The minimum Gasteiger partial charge on any atom is -0.383 e. The van der Waals surface area contributed by atoms with Crippen molar-refractivity contribution in [2.24, 2.45) is 5.92 Å². The van der Waals surface area contributed by atoms with E-state index in [0.717, 1.165) is 5.92 Å². The van der Waals surface area contributed by atoms with Crippen LogP contribution in [0, 0.1) is 5.92 Å². The van der Waals surface area contributed by atoms with E-state index < -0.39 is 0 Å². The fourth-order valence-electron chi connectivity index (χ4n) is 2.19. The van der Waals surface area contributed by atoms with Crippen LogP contribution in [-0.2, 0) is 0 Å². The van der Waals surface area contributed by atoms with Crippen LogP contribution in [0.2, 0.25) is 0 Å². The first-order chi connectivity index (χ1) is 7.65. The van der Waals surface area contributed by atoms with Gasteiger partial charge in [0.25, 0.3) is 0 Å². The average Bonchev–Trinajstić information content (AvgIpc) is 2.63. The quantitative estimate of drug-likeness (QED) is 0.794. The number of rotatable bonds is 4. The van der Waals surface area contributed by atoms with Gasteiger partial charge in [-0.25, -0.2) is 0 Å². The molecule has 0 fully saturated rings. The van der Waals surface area contributed by atoms with Crippen molar-refractivity contribution >= 4 is 16.6 Å². The first-order valence-electron chi connectivity index (χ1n) is 5.99. The fourth-order valence-corrected chi connectivity index (χ4v) is 2.19. The third-order valence-corrected chi connectivity index (χ3v) is 2.79. The van der Waals surface area contributed by atoms with E-state index in [1.807, 2.05) is 6.20 Å². The number of aromatic amines is 1. The molecule has 0 radical (unpaired) electrons. The van der Waals surface area contributed by atoms with E-state index in [1.165, 1.54) is 23.0 Å². The molecule has 0 amide bonds. The zero-order valence-electron chi connectivity index (χ0n) is 10.2. The maximum Gasteiger partial charge on any atom is 0.0455 e. The highest BCUT2D eigenvalue weighted by molar-refractivity contribution is 5.82. The second-order valence-corrected chi connectivity index (χ2v) is 4.95. The molecule has 0 saturated heterocycles. The molecule has 0 spiro atoms. The molecule has 0 aliphatic rings. The number of fused-ring (bicyclic) bond motifs is 1. The SMILES string of the molecule is CC(C)C[C@@H](C)Nc1ccc2[nH]ccc2c1. The summed E-state index contributed by atoms with van der Waals surface area (Å²) < 4.78 is 0. The second kappa shape index (κ2) is 4.60. The van der Waals surface area contributed by atoms with Crippen molar-refractivity contribution in [3.8, 4) is 0 Å². The lowest BCUT2D eigenvalue weighted by Gasteiger charge is -2.17. The number of hydrogen-bond acceptors (Lipinski definition) is 1. The maximum atomic E-state index is 3.54. The fraction of sp³-hybridized carbons (Fsp3) is 0.429. The summed E-state index contributed by atoms with van der Waals surface area (Å²) in [4.78, 5) is 3.20. The highest BCUT2D eigenvalue weighted by atomic mass is 14.9. The van der Waals surface area contributed by atoms with Crippen molar-refractivity contribution in [2.75, 3.05) is 5.32 Å². The number of H-pyrrole nitrogens is 1. The zero-order valence-corrected chi connectivity index (χ0v) is 10.2. The van der Waals surface area contributed by atoms with Crippen LogP contribution >= 0.6 is 0 Å². The number of nitrogens with one attached hydrogen (secondary N) is 2. The number of anilines is 1. The van der Waals surface area contributed by atoms with Crippen LogP contribution in [0.5, 0.6) is 0 Å². The van der Waals surface area contributed by atoms with E-state index >= 15 is 0 Å². The molecule has 2 aromatic rings. The highest BCUT2D eigenvalue weighted by Gasteiger charge is 2.05. The van der Waals surface area contributed by atoms with E-state index in [4.69, 9.17) is 0 Å². The zero-order chi connectivity index (χ0) is 11.5. The molecule has 1 aromatic heterocycles. The van der Waals surface area contributed by atoms with Crippen molar-refractivity contribution in [1.82, 2.24) is 4.98 Å². The minimum atomic E-state index is 0.524. The van der Waals surface area contributed by atoms with Crippen molar-refractivity contribution in [3.63, 3.8) is 0 Å². The van der Waals surface area contributed by atoms with Crippen molar-refractivity contribution in [3.05, 3.63) is 30.5 Å². The van der Waals surface area contributed by atoms with Crippen LogP contribution in [0.3, 0.4) is 0 Å². The first-order valence-corrected chi connectivity index (χ1v) is 5.99. The smallest absolute Gasteiger partial charge is 0.0455 e. The van der Waals surface area contributed by atoms with Gasteiger partial charge in [0.15, 0.2) is 0 Å². The Labute approximate surface area is 97.1 Å². The minimum absolute atomic E-state index is 0.524. The van der Waals surface area contributed by atoms with Crippen molar-refractivity contribution in [2.45, 2.75) is 33.2 Å². The molecule has 0 bridgehead atoms. The van der Waals surface area contributed by atoms with Crippen LogP contribution in [0.15, 0.2) is 30.5 Å². The molecule has 0 unspecified atom stereocenters. The van der Waals surface area contributed by atoms with Crippen LogP contribution in [0.1, 0.15) is 27.2 Å². The molecule has 2 N–H and O–H groups in total. The van der Waals surface area contributed by atoms with Gasteiger partial charge in [0.1, 0.15) is 0 Å². The summed E-state index contributed by atoms with van der Waals surface area (Å²) in [5.74, 6) is 0.735. The van der Waals surface area contributed by atoms with Crippen molar-refractivity contribution in [1.29, 1.82) is 0 Å². The van der Waals surface area contributed by atoms with Gasteiger partial charge >= 0.3 is 0 Å². The van der Waals surface area contributed by atoms with E-state index in [1.54, 1.807) is 0 Å². The Morgan fingerprint density at radius 2 is 2.00 bits per heavy atom. The van der Waals surface area contributed by atoms with E-state index in [-0.39, 0.29) is 0 Å². The summed E-state index contributed by atoms with van der Waals surface area (Å²) in [7, 11) is 0. The molecule has 2 heteroatoms. The molecule has 1 atom stereocenters. The summed E-state index contributed by atoms with van der Waals surface area (Å²) in [6.07, 6.45) is 3.18. The van der Waals surface area contributed by atoms with Gasteiger partial charge < -0.3 is 10.3 Å². The molecule has 1 heterocycles. The first kappa shape index (κ1) is 11.1. The Kier molecular flexibility index (Phi) is 3.18. The number of aromatic nitrogens is 1. The standard InChI is InChI=1S/C14H20N2/c1-10(2)8-11(3)16-13-4-5-14-12(9-13)6-7-15-14/h4-7,9-11,15-16H,8H2,1-3H3/t11-/m1/s1. The molecular weight excluding hydrogens is 196 g/mol. The second-order valence-electron chi connectivity index (χ2n) is 4.95. The molecule has 0 saturated carbocycles. The molecule has 0 aliphatic carbocycles. The van der Waals surface area contributed by atoms with Crippen LogP contribution in [-0.4, -0.2) is 11.0 Å². The summed E-state index contributed by atoms with van der Waals surface area (Å²) >= 11 is 0. The molecular formula is C14H20N2. The Morgan fingerprint density at radius 3 is 2.75 bits per heavy atom. The molecule has 2 rings (SSSR count). The summed E-state index contributed by atoms with van der Waals surface area (Å²) in [5.41, 5.74) is 2.40. The third kappa shape index (κ3) is 2.57. The van der Waals surface area contributed by atoms with Gasteiger partial charge in [-0.15, -0.1) is 0 Å². The Hall–Kier alpha value is -1.44. The van der Waals surface area contributed by atoms with Gasteiger partial charge in [0.2, 0.25) is 0 Å². The normalized spacial score (nSPS) is 13.2. The van der Waals surface area contributed by atoms with Crippen LogP contribution in [0.25, 0.3) is 10.9 Å². The van der Waals surface area contributed by atoms with Gasteiger partial charge in [0.05, 0.1) is 0 Å². The van der Waals surface area contributed by atoms with E-state index in [9.17, 15) is 0 Å². The van der Waals surface area contributed by atoms with Gasteiger partial charge in [-0.05, 0) is 43.5 Å². The van der Waals surface area contributed by atoms with Gasteiger partial charge in [-0.1, -0.05) is 13.8 Å². The average molecular weight is 216 g/mol. The summed E-state index contributed by atoms with van der Waals surface area (Å²) in [6.45, 7) is 6.75. The Bertz CT molecular complexity index is 456. The number of hydrogen-bond donors (Lipinski definition) is 2.